The van der Waals surface area contributed by atoms with E-state index in [-0.39, 0.29) is 0 Å². The average Bonchev–Trinajstić information content (AvgIpc) is 2.84. The van der Waals surface area contributed by atoms with Crippen LogP contribution in [-0.2, 0) is 0 Å². The summed E-state index contributed by atoms with van der Waals surface area (Å²) in [5, 5.41) is 10.7. The molecule has 4 rings (SSSR count). The van der Waals surface area contributed by atoms with Gasteiger partial charge in [0.05, 0.1) is 5.60 Å². The lowest BCUT2D eigenvalue weighted by molar-refractivity contribution is -0.122. The van der Waals surface area contributed by atoms with Gasteiger partial charge in [0.1, 0.15) is 0 Å². The van der Waals surface area contributed by atoms with Gasteiger partial charge in [0, 0.05) is 0 Å². The monoisotopic (exact) mass is 318 g/mol. The van der Waals surface area contributed by atoms with E-state index in [1.165, 1.54) is 51.4 Å². The molecule has 23 heavy (non-hydrogen) atoms. The van der Waals surface area contributed by atoms with E-state index in [2.05, 4.69) is 27.7 Å². The molecule has 0 heterocycles. The average molecular weight is 319 g/mol. The molecule has 0 unspecified atom stereocenters. The van der Waals surface area contributed by atoms with Crippen LogP contribution in [0, 0.1) is 46.8 Å². The van der Waals surface area contributed by atoms with Crippen molar-refractivity contribution in [2.75, 3.05) is 0 Å². The number of hydrogen-bond acceptors (Lipinski definition) is 1. The Morgan fingerprint density at radius 1 is 0.957 bits per heavy atom. The lowest BCUT2D eigenvalue weighted by atomic mass is 9.48. The molecule has 4 aliphatic carbocycles. The van der Waals surface area contributed by atoms with Crippen LogP contribution >= 0.6 is 0 Å². The number of rotatable bonds is 1. The van der Waals surface area contributed by atoms with Crippen molar-refractivity contribution in [3.05, 3.63) is 0 Å². The Kier molecular flexibility index (Phi) is 3.91. The molecule has 4 fully saturated rings. The fraction of sp³-hybridized carbons (Fsp3) is 1.00. The Morgan fingerprint density at radius 3 is 2.48 bits per heavy atom. The minimum Gasteiger partial charge on any atom is -0.390 e. The fourth-order valence-corrected chi connectivity index (χ4v) is 8.03. The van der Waals surface area contributed by atoms with Crippen molar-refractivity contribution in [1.82, 2.24) is 0 Å². The van der Waals surface area contributed by atoms with Crippen LogP contribution in [0.1, 0.15) is 85.5 Å². The van der Waals surface area contributed by atoms with E-state index in [1.807, 2.05) is 0 Å². The predicted octanol–water partition coefficient (Wildman–Crippen LogP) is 5.66. The van der Waals surface area contributed by atoms with E-state index < -0.39 is 5.60 Å². The molecule has 1 N–H and O–H groups in total. The summed E-state index contributed by atoms with van der Waals surface area (Å²) >= 11 is 0. The second-order valence-corrected chi connectivity index (χ2v) is 10.4. The molecule has 0 bridgehead atoms. The van der Waals surface area contributed by atoms with E-state index in [1.54, 1.807) is 0 Å². The summed E-state index contributed by atoms with van der Waals surface area (Å²) in [6, 6.07) is 0. The molecule has 4 aliphatic rings. The van der Waals surface area contributed by atoms with Crippen LogP contribution in [-0.4, -0.2) is 10.7 Å². The molecule has 0 amide bonds. The van der Waals surface area contributed by atoms with E-state index in [9.17, 15) is 5.11 Å². The first-order valence-electron chi connectivity index (χ1n) is 10.6. The zero-order valence-corrected chi connectivity index (χ0v) is 15.9. The van der Waals surface area contributed by atoms with Gasteiger partial charge in [-0.1, -0.05) is 27.2 Å². The lowest BCUT2D eigenvalue weighted by Crippen LogP contribution is -2.52. The topological polar surface area (TPSA) is 20.2 Å². The van der Waals surface area contributed by atoms with Crippen molar-refractivity contribution < 1.29 is 5.11 Å². The fourth-order valence-electron chi connectivity index (χ4n) is 8.03. The Morgan fingerprint density at radius 2 is 1.74 bits per heavy atom. The zero-order valence-electron chi connectivity index (χ0n) is 15.9. The zero-order chi connectivity index (χ0) is 16.4. The van der Waals surface area contributed by atoms with Crippen LogP contribution in [0.15, 0.2) is 0 Å². The highest BCUT2D eigenvalue weighted by Gasteiger charge is 2.57. The van der Waals surface area contributed by atoms with E-state index in [4.69, 9.17) is 0 Å². The highest BCUT2D eigenvalue weighted by molar-refractivity contribution is 5.07. The molecule has 0 aliphatic heterocycles. The van der Waals surface area contributed by atoms with Crippen molar-refractivity contribution in [2.45, 2.75) is 91.1 Å². The van der Waals surface area contributed by atoms with E-state index in [0.29, 0.717) is 11.3 Å². The van der Waals surface area contributed by atoms with Gasteiger partial charge in [0.25, 0.3) is 0 Å². The summed E-state index contributed by atoms with van der Waals surface area (Å²) < 4.78 is 0. The molecule has 0 aromatic carbocycles. The predicted molar refractivity (Wildman–Crippen MR) is 96.1 cm³/mol. The second-order valence-electron chi connectivity index (χ2n) is 10.4. The van der Waals surface area contributed by atoms with Gasteiger partial charge in [-0.15, -0.1) is 0 Å². The molecule has 0 aromatic heterocycles. The van der Waals surface area contributed by atoms with Gasteiger partial charge in [0.15, 0.2) is 0 Å². The molecule has 0 aromatic rings. The summed E-state index contributed by atoms with van der Waals surface area (Å²) in [6.07, 6.45) is 12.6. The first-order valence-corrected chi connectivity index (χ1v) is 10.6. The maximum absolute atomic E-state index is 10.7. The van der Waals surface area contributed by atoms with Crippen molar-refractivity contribution in [2.24, 2.45) is 46.8 Å². The summed E-state index contributed by atoms with van der Waals surface area (Å²) in [4.78, 5) is 0. The Bertz CT molecular complexity index is 455. The lowest BCUT2D eigenvalue weighted by Gasteiger charge is -2.58. The summed E-state index contributed by atoms with van der Waals surface area (Å²) in [7, 11) is 0. The maximum atomic E-state index is 10.7. The third-order valence-electron chi connectivity index (χ3n) is 9.57. The van der Waals surface area contributed by atoms with Crippen molar-refractivity contribution in [1.29, 1.82) is 0 Å². The summed E-state index contributed by atoms with van der Waals surface area (Å²) in [5.41, 5.74) is 0.256. The van der Waals surface area contributed by atoms with Gasteiger partial charge in [-0.25, -0.2) is 0 Å². The van der Waals surface area contributed by atoms with Gasteiger partial charge < -0.3 is 5.11 Å². The highest BCUT2D eigenvalue weighted by Crippen LogP contribution is 2.65. The van der Waals surface area contributed by atoms with Gasteiger partial charge >= 0.3 is 0 Å². The summed E-state index contributed by atoms with van der Waals surface area (Å²) in [6.45, 7) is 9.47. The van der Waals surface area contributed by atoms with Gasteiger partial charge in [-0.05, 0) is 105 Å². The van der Waals surface area contributed by atoms with Crippen LogP contribution in [0.2, 0.25) is 0 Å². The van der Waals surface area contributed by atoms with Gasteiger partial charge in [0.2, 0.25) is 0 Å². The quantitative estimate of drug-likeness (QED) is 0.661. The van der Waals surface area contributed by atoms with Crippen LogP contribution < -0.4 is 0 Å². The molecule has 1 heteroatoms. The molecule has 1 nitrogen and oxygen atoms in total. The molecule has 9 atom stereocenters. The van der Waals surface area contributed by atoms with Gasteiger partial charge in [-0.3, -0.25) is 0 Å². The van der Waals surface area contributed by atoms with Crippen molar-refractivity contribution in [3.63, 3.8) is 0 Å². The third kappa shape index (κ3) is 2.35. The van der Waals surface area contributed by atoms with Crippen LogP contribution in [0.4, 0.5) is 0 Å². The number of aliphatic hydroxyl groups is 1. The van der Waals surface area contributed by atoms with Crippen molar-refractivity contribution in [3.8, 4) is 0 Å². The second kappa shape index (κ2) is 5.48. The smallest absolute Gasteiger partial charge is 0.0648 e. The Labute approximate surface area is 143 Å². The highest BCUT2D eigenvalue weighted by atomic mass is 16.3. The van der Waals surface area contributed by atoms with E-state index >= 15 is 0 Å². The van der Waals surface area contributed by atoms with Crippen LogP contribution in [0.25, 0.3) is 0 Å². The SMILES string of the molecule is CC[C@H]1CC[C@H]2[C@@H]3CC[C@H]4C[C@](C)(O)[C@H](C)C[C@@H]4[C@H]3CC[C@]12C. The first kappa shape index (κ1) is 16.4. The first-order chi connectivity index (χ1) is 10.9. The molecule has 0 saturated heterocycles. The molecule has 132 valence electrons. The largest absolute Gasteiger partial charge is 0.390 e. The van der Waals surface area contributed by atoms with Crippen molar-refractivity contribution >= 4 is 0 Å². The molecule has 0 spiro atoms. The minimum atomic E-state index is -0.405. The molecule has 4 saturated carbocycles. The third-order valence-corrected chi connectivity index (χ3v) is 9.57. The van der Waals surface area contributed by atoms with Crippen LogP contribution in [0.5, 0.6) is 0 Å². The normalized spacial score (nSPS) is 59.1. The van der Waals surface area contributed by atoms with E-state index in [0.717, 1.165) is 41.9 Å². The minimum absolute atomic E-state index is 0.405. The molecule has 0 radical (unpaired) electrons. The Hall–Kier alpha value is -0.0400. The Balaban J connectivity index is 1.56. The summed E-state index contributed by atoms with van der Waals surface area (Å²) in [5.74, 6) is 6.25. The van der Waals surface area contributed by atoms with Gasteiger partial charge in [-0.2, -0.15) is 0 Å². The number of fused-ring (bicyclic) bond motifs is 5. The van der Waals surface area contributed by atoms with Crippen LogP contribution in [0.3, 0.4) is 0 Å². The molecular formula is C22H38O. The standard InChI is InChI=1S/C22H38O/c1-5-16-7-9-20-18-8-6-15-13-22(4,23)14(2)12-19(15)17(18)10-11-21(16,20)3/h14-20,23H,5-13H2,1-4H3/t14-,15+,16+,17+,18-,19+,20+,21-,22+/m1/s1. The maximum Gasteiger partial charge on any atom is 0.0648 e. The molecular weight excluding hydrogens is 280 g/mol. The number of hydrogen-bond donors (Lipinski definition) is 1.